The third kappa shape index (κ3) is 5.82. The number of nitrogens with zero attached hydrogens (tertiary/aromatic N) is 1. The van der Waals surface area contributed by atoms with E-state index in [1.54, 1.807) is 11.8 Å². The van der Waals surface area contributed by atoms with Crippen molar-refractivity contribution in [3.05, 3.63) is 0 Å². The molecule has 0 aromatic heterocycles. The summed E-state index contributed by atoms with van der Waals surface area (Å²) in [6.45, 7) is 5.72. The van der Waals surface area contributed by atoms with Crippen molar-refractivity contribution in [1.29, 1.82) is 0 Å². The van der Waals surface area contributed by atoms with Crippen LogP contribution in [0.1, 0.15) is 33.1 Å². The first-order valence-corrected chi connectivity index (χ1v) is 8.06. The fraction of sp³-hybridized carbons (Fsp3) is 0.846. The summed E-state index contributed by atoms with van der Waals surface area (Å²) in [6.07, 6.45) is 2.58. The molecule has 6 heteroatoms. The van der Waals surface area contributed by atoms with Crippen LogP contribution in [0.25, 0.3) is 0 Å². The fourth-order valence-corrected chi connectivity index (χ4v) is 3.22. The van der Waals surface area contributed by atoms with Gasteiger partial charge in [-0.25, -0.2) is 5.84 Å². The second kappa shape index (κ2) is 8.43. The average Bonchev–Trinajstić information content (AvgIpc) is 2.42. The maximum absolute atomic E-state index is 12.0. The molecule has 1 rings (SSSR count). The summed E-state index contributed by atoms with van der Waals surface area (Å²) < 4.78 is 0. The van der Waals surface area contributed by atoms with Crippen LogP contribution >= 0.6 is 11.8 Å². The molecule has 2 amide bonds. The molecular weight excluding hydrogens is 262 g/mol. The predicted octanol–water partition coefficient (Wildman–Crippen LogP) is 0.994. The molecule has 5 nitrogen and oxygen atoms in total. The first-order chi connectivity index (χ1) is 9.04. The molecule has 1 aliphatic rings. The molecule has 1 saturated heterocycles. The molecule has 0 aliphatic carbocycles. The van der Waals surface area contributed by atoms with E-state index in [4.69, 9.17) is 5.84 Å². The number of nitrogens with one attached hydrogen (secondary N) is 1. The molecule has 3 N–H and O–H groups in total. The summed E-state index contributed by atoms with van der Waals surface area (Å²) in [6, 6.07) is 0. The van der Waals surface area contributed by atoms with Gasteiger partial charge in [0.15, 0.2) is 0 Å². The number of rotatable bonds is 6. The SMILES string of the molecule is CC(C)CCSCC(=O)N1CCC(C(=O)NN)CC1. The smallest absolute Gasteiger partial charge is 0.237 e. The summed E-state index contributed by atoms with van der Waals surface area (Å²) in [5, 5.41) is 0. The number of likely N-dealkylation sites (tertiary alicyclic amines) is 1. The van der Waals surface area contributed by atoms with E-state index in [0.717, 1.165) is 12.2 Å². The van der Waals surface area contributed by atoms with Gasteiger partial charge in [-0.15, -0.1) is 0 Å². The van der Waals surface area contributed by atoms with Gasteiger partial charge in [-0.1, -0.05) is 13.8 Å². The minimum Gasteiger partial charge on any atom is -0.342 e. The third-order valence-electron chi connectivity index (χ3n) is 3.43. The van der Waals surface area contributed by atoms with Crippen molar-refractivity contribution in [3.63, 3.8) is 0 Å². The van der Waals surface area contributed by atoms with Crippen LogP contribution in [0, 0.1) is 11.8 Å². The fourth-order valence-electron chi connectivity index (χ4n) is 2.08. The summed E-state index contributed by atoms with van der Waals surface area (Å²) in [7, 11) is 0. The number of hydrogen-bond donors (Lipinski definition) is 2. The van der Waals surface area contributed by atoms with Gasteiger partial charge in [-0.3, -0.25) is 15.0 Å². The average molecular weight is 287 g/mol. The molecule has 1 fully saturated rings. The topological polar surface area (TPSA) is 75.4 Å². The van der Waals surface area contributed by atoms with Gasteiger partial charge in [0.1, 0.15) is 0 Å². The largest absolute Gasteiger partial charge is 0.342 e. The molecule has 0 spiro atoms. The number of piperidine rings is 1. The number of carbonyl (C=O) groups is 2. The Bertz CT molecular complexity index is 302. The van der Waals surface area contributed by atoms with Crippen LogP contribution in [-0.2, 0) is 9.59 Å². The van der Waals surface area contributed by atoms with Gasteiger partial charge >= 0.3 is 0 Å². The zero-order valence-corrected chi connectivity index (χ0v) is 12.7. The van der Waals surface area contributed by atoms with E-state index < -0.39 is 0 Å². The lowest BCUT2D eigenvalue weighted by atomic mass is 9.96. The highest BCUT2D eigenvalue weighted by Crippen LogP contribution is 2.18. The number of thioether (sulfide) groups is 1. The van der Waals surface area contributed by atoms with E-state index in [9.17, 15) is 9.59 Å². The molecule has 0 atom stereocenters. The molecule has 1 heterocycles. The molecule has 0 aromatic rings. The van der Waals surface area contributed by atoms with Gasteiger partial charge in [0.25, 0.3) is 0 Å². The maximum atomic E-state index is 12.0. The molecule has 0 radical (unpaired) electrons. The summed E-state index contributed by atoms with van der Waals surface area (Å²) in [5.74, 6) is 7.44. The molecule has 0 bridgehead atoms. The Morgan fingerprint density at radius 3 is 2.53 bits per heavy atom. The normalized spacial score (nSPS) is 16.7. The van der Waals surface area contributed by atoms with Crippen LogP contribution in [0.3, 0.4) is 0 Å². The quantitative estimate of drug-likeness (QED) is 0.331. The van der Waals surface area contributed by atoms with E-state index in [0.29, 0.717) is 37.6 Å². The second-order valence-electron chi connectivity index (χ2n) is 5.40. The van der Waals surface area contributed by atoms with Crippen molar-refractivity contribution < 1.29 is 9.59 Å². The van der Waals surface area contributed by atoms with Crippen LogP contribution in [0.2, 0.25) is 0 Å². The molecule has 110 valence electrons. The van der Waals surface area contributed by atoms with Crippen molar-refractivity contribution in [2.45, 2.75) is 33.1 Å². The molecule has 1 aliphatic heterocycles. The lowest BCUT2D eigenvalue weighted by Crippen LogP contribution is -2.45. The van der Waals surface area contributed by atoms with E-state index in [1.165, 1.54) is 0 Å². The number of hydrogen-bond acceptors (Lipinski definition) is 4. The van der Waals surface area contributed by atoms with E-state index in [1.807, 2.05) is 4.90 Å². The molecule has 0 saturated carbocycles. The predicted molar refractivity (Wildman–Crippen MR) is 78.4 cm³/mol. The van der Waals surface area contributed by atoms with Crippen LogP contribution in [-0.4, -0.2) is 41.3 Å². The van der Waals surface area contributed by atoms with Crippen LogP contribution in [0.4, 0.5) is 0 Å². The van der Waals surface area contributed by atoms with Crippen LogP contribution < -0.4 is 11.3 Å². The van der Waals surface area contributed by atoms with Crippen molar-refractivity contribution >= 4 is 23.6 Å². The van der Waals surface area contributed by atoms with Crippen LogP contribution in [0.5, 0.6) is 0 Å². The highest BCUT2D eigenvalue weighted by atomic mass is 32.2. The number of nitrogens with two attached hydrogens (primary N) is 1. The van der Waals surface area contributed by atoms with Gasteiger partial charge in [0.2, 0.25) is 11.8 Å². The van der Waals surface area contributed by atoms with Gasteiger partial charge in [-0.05, 0) is 30.9 Å². The first-order valence-electron chi connectivity index (χ1n) is 6.90. The molecule has 0 unspecified atom stereocenters. The van der Waals surface area contributed by atoms with E-state index >= 15 is 0 Å². The summed E-state index contributed by atoms with van der Waals surface area (Å²) in [4.78, 5) is 25.2. The lowest BCUT2D eigenvalue weighted by Gasteiger charge is -2.31. The molecular formula is C13H25N3O2S. The minimum absolute atomic E-state index is 0.0392. The van der Waals surface area contributed by atoms with Crippen molar-refractivity contribution in [2.24, 2.45) is 17.7 Å². The van der Waals surface area contributed by atoms with Crippen molar-refractivity contribution in [2.75, 3.05) is 24.6 Å². The third-order valence-corrected chi connectivity index (χ3v) is 4.40. The highest BCUT2D eigenvalue weighted by Gasteiger charge is 2.26. The maximum Gasteiger partial charge on any atom is 0.237 e. The van der Waals surface area contributed by atoms with Crippen LogP contribution in [0.15, 0.2) is 0 Å². The van der Waals surface area contributed by atoms with Gasteiger partial charge in [-0.2, -0.15) is 11.8 Å². The first kappa shape index (κ1) is 16.3. The standard InChI is InChI=1S/C13H25N3O2S/c1-10(2)5-8-19-9-12(17)16-6-3-11(4-7-16)13(18)15-14/h10-11H,3-9,14H2,1-2H3,(H,15,18). The Labute approximate surface area is 119 Å². The number of carbonyl (C=O) groups excluding carboxylic acids is 2. The summed E-state index contributed by atoms with van der Waals surface area (Å²) >= 11 is 1.70. The Hall–Kier alpha value is -0.750. The van der Waals surface area contributed by atoms with Crippen molar-refractivity contribution in [1.82, 2.24) is 10.3 Å². The summed E-state index contributed by atoms with van der Waals surface area (Å²) in [5.41, 5.74) is 2.18. The van der Waals surface area contributed by atoms with Gasteiger partial charge in [0.05, 0.1) is 5.75 Å². The lowest BCUT2D eigenvalue weighted by molar-refractivity contribution is -0.133. The number of hydrazine groups is 1. The van der Waals surface area contributed by atoms with E-state index in [-0.39, 0.29) is 17.7 Å². The monoisotopic (exact) mass is 287 g/mol. The molecule has 0 aromatic carbocycles. The number of amides is 2. The Balaban J connectivity index is 2.20. The Kier molecular flexibility index (Phi) is 7.23. The van der Waals surface area contributed by atoms with Gasteiger partial charge in [0, 0.05) is 19.0 Å². The Morgan fingerprint density at radius 1 is 1.37 bits per heavy atom. The highest BCUT2D eigenvalue weighted by molar-refractivity contribution is 7.99. The zero-order valence-electron chi connectivity index (χ0n) is 11.9. The molecule has 19 heavy (non-hydrogen) atoms. The van der Waals surface area contributed by atoms with Crippen molar-refractivity contribution in [3.8, 4) is 0 Å². The second-order valence-corrected chi connectivity index (χ2v) is 6.50. The van der Waals surface area contributed by atoms with Gasteiger partial charge < -0.3 is 4.90 Å². The minimum atomic E-state index is -0.113. The van der Waals surface area contributed by atoms with E-state index in [2.05, 4.69) is 19.3 Å². The Morgan fingerprint density at radius 2 is 2.00 bits per heavy atom. The zero-order chi connectivity index (χ0) is 14.3.